The van der Waals surface area contributed by atoms with Gasteiger partial charge in [0.15, 0.2) is 6.23 Å². The van der Waals surface area contributed by atoms with Crippen LogP contribution in [-0.4, -0.2) is 77.3 Å². The summed E-state index contributed by atoms with van der Waals surface area (Å²) >= 11 is 7.27. The molecule has 254 valence electrons. The fraction of sp³-hybridized carbons (Fsp3) is 0.500. The van der Waals surface area contributed by atoms with Gasteiger partial charge in [-0.25, -0.2) is 9.48 Å². The van der Waals surface area contributed by atoms with Crippen LogP contribution in [0.3, 0.4) is 0 Å². The van der Waals surface area contributed by atoms with Crippen LogP contribution in [0.4, 0.5) is 4.79 Å². The molecule has 12 heteroatoms. The van der Waals surface area contributed by atoms with E-state index in [1.165, 1.54) is 0 Å². The van der Waals surface area contributed by atoms with Crippen LogP contribution < -0.4 is 0 Å². The smallest absolute Gasteiger partial charge is 0.410 e. The summed E-state index contributed by atoms with van der Waals surface area (Å²) in [5, 5.41) is 26.9. The number of nitrogens with zero attached hydrogens (tertiary/aromatic N) is 7. The fourth-order valence-electron chi connectivity index (χ4n) is 7.12. The second kappa shape index (κ2) is 12.8. The maximum Gasteiger partial charge on any atom is 0.410 e. The van der Waals surface area contributed by atoms with E-state index in [2.05, 4.69) is 34.9 Å². The zero-order chi connectivity index (χ0) is 33.7. The van der Waals surface area contributed by atoms with E-state index in [-0.39, 0.29) is 25.0 Å². The summed E-state index contributed by atoms with van der Waals surface area (Å²) in [4.78, 5) is 14.6. The van der Waals surface area contributed by atoms with Crippen LogP contribution in [0.15, 0.2) is 36.7 Å². The molecule has 5 heterocycles. The van der Waals surface area contributed by atoms with Crippen molar-refractivity contribution in [3.05, 3.63) is 52.9 Å². The highest BCUT2D eigenvalue weighted by atomic mass is 35.5. The third-order valence-corrected chi connectivity index (χ3v) is 9.95. The maximum absolute atomic E-state index is 12.8. The Bertz CT molecular complexity index is 1970. The van der Waals surface area contributed by atoms with E-state index in [9.17, 15) is 9.90 Å². The van der Waals surface area contributed by atoms with Gasteiger partial charge in [0.1, 0.15) is 11.3 Å². The minimum atomic E-state index is -0.540. The van der Waals surface area contributed by atoms with Gasteiger partial charge in [-0.15, -0.1) is 0 Å². The first-order chi connectivity index (χ1) is 23.0. The molecule has 0 aliphatic carbocycles. The van der Waals surface area contributed by atoms with Crippen LogP contribution in [-0.2, 0) is 16.0 Å². The van der Waals surface area contributed by atoms with E-state index in [0.717, 1.165) is 94.2 Å². The van der Waals surface area contributed by atoms with E-state index >= 15 is 0 Å². The molecule has 1 amide bonds. The number of hydrogen-bond donors (Lipinski definition) is 1. The number of carbonyl (C=O) groups is 1. The molecule has 2 fully saturated rings. The Morgan fingerprint density at radius 3 is 2.56 bits per heavy atom. The Morgan fingerprint density at radius 1 is 1.06 bits per heavy atom. The van der Waals surface area contributed by atoms with Crippen LogP contribution >= 0.6 is 11.6 Å². The van der Waals surface area contributed by atoms with Crippen molar-refractivity contribution in [2.45, 2.75) is 91.1 Å². The summed E-state index contributed by atoms with van der Waals surface area (Å²) in [7, 11) is 0. The molecule has 1 unspecified atom stereocenters. The molecule has 2 aromatic carbocycles. The van der Waals surface area contributed by atoms with Crippen molar-refractivity contribution in [3.8, 4) is 22.4 Å². The van der Waals surface area contributed by atoms with E-state index in [1.807, 2.05) is 50.8 Å². The summed E-state index contributed by atoms with van der Waals surface area (Å²) in [5.41, 5.74) is 6.92. The van der Waals surface area contributed by atoms with Crippen LogP contribution in [0.1, 0.15) is 76.4 Å². The number of halogens is 1. The Balaban J connectivity index is 1.35. The number of likely N-dealkylation sites (tertiary alicyclic amines) is 1. The van der Waals surface area contributed by atoms with Crippen LogP contribution in [0.2, 0.25) is 5.02 Å². The molecule has 1 N–H and O–H groups in total. The number of aromatic nitrogens is 6. The van der Waals surface area contributed by atoms with Gasteiger partial charge < -0.3 is 19.5 Å². The van der Waals surface area contributed by atoms with E-state index < -0.39 is 5.60 Å². The largest absolute Gasteiger partial charge is 0.444 e. The molecule has 0 radical (unpaired) electrons. The summed E-state index contributed by atoms with van der Waals surface area (Å²) < 4.78 is 17.7. The number of ether oxygens (including phenoxy) is 2. The number of amides is 1. The van der Waals surface area contributed by atoms with Crippen LogP contribution in [0.25, 0.3) is 44.2 Å². The molecular weight excluding hydrogens is 630 g/mol. The lowest BCUT2D eigenvalue weighted by molar-refractivity contribution is -0.0366. The van der Waals surface area contributed by atoms with Crippen molar-refractivity contribution in [2.75, 3.05) is 26.3 Å². The topological polar surface area (TPSA) is 112 Å². The molecule has 2 saturated heterocycles. The molecule has 3 aromatic heterocycles. The van der Waals surface area contributed by atoms with Gasteiger partial charge in [0.05, 0.1) is 41.4 Å². The van der Waals surface area contributed by atoms with Gasteiger partial charge in [-0.1, -0.05) is 17.7 Å². The van der Waals surface area contributed by atoms with Gasteiger partial charge in [-0.2, -0.15) is 15.3 Å². The predicted molar refractivity (Wildman–Crippen MR) is 186 cm³/mol. The van der Waals surface area contributed by atoms with Crippen LogP contribution in [0, 0.1) is 13.8 Å². The molecule has 0 saturated carbocycles. The van der Waals surface area contributed by atoms with Crippen molar-refractivity contribution in [2.24, 2.45) is 0 Å². The molecule has 2 aliphatic heterocycles. The monoisotopic (exact) mass is 673 g/mol. The van der Waals surface area contributed by atoms with Crippen LogP contribution in [0.5, 0.6) is 0 Å². The minimum Gasteiger partial charge on any atom is -0.444 e. The third-order valence-electron chi connectivity index (χ3n) is 9.47. The first-order valence-electron chi connectivity index (χ1n) is 17.0. The Kier molecular flexibility index (Phi) is 8.72. The lowest BCUT2D eigenvalue weighted by Gasteiger charge is -2.34. The molecule has 5 aromatic rings. The standard InChI is InChI=1S/C36H44ClN7O4/c1-22-18-29-27(20-38-44(29)30-8-6-7-17-47-30)32(33(22)37)31-23(2)43(26-11-13-41(14-12-26)35(46)48-36(3,4)5)40-34(31)24-9-10-28-25(19-24)21-42(39-28)15-16-45/h9-10,18-21,26,30,45H,6-8,11-17H2,1-5H3. The molecule has 1 atom stereocenters. The van der Waals surface area contributed by atoms with Gasteiger partial charge >= 0.3 is 6.09 Å². The van der Waals surface area contributed by atoms with Crippen molar-refractivity contribution in [1.82, 2.24) is 34.2 Å². The van der Waals surface area contributed by atoms with Gasteiger partial charge in [0, 0.05) is 59.0 Å². The van der Waals surface area contributed by atoms with Gasteiger partial charge in [0.25, 0.3) is 0 Å². The van der Waals surface area contributed by atoms with Crippen molar-refractivity contribution < 1.29 is 19.4 Å². The summed E-state index contributed by atoms with van der Waals surface area (Å²) in [6.07, 6.45) is 8.07. The normalized spacial score (nSPS) is 17.9. The zero-order valence-electron chi connectivity index (χ0n) is 28.4. The third kappa shape index (κ3) is 6.08. The van der Waals surface area contributed by atoms with Crippen molar-refractivity contribution in [3.63, 3.8) is 0 Å². The number of aliphatic hydroxyl groups is 1. The summed E-state index contributed by atoms with van der Waals surface area (Å²) in [6.45, 7) is 12.2. The van der Waals surface area contributed by atoms with E-state index in [0.29, 0.717) is 24.7 Å². The molecular formula is C36H44ClN7O4. The summed E-state index contributed by atoms with van der Waals surface area (Å²) in [6, 6.07) is 8.36. The Labute approximate surface area is 285 Å². The highest BCUT2D eigenvalue weighted by Gasteiger charge is 2.32. The summed E-state index contributed by atoms with van der Waals surface area (Å²) in [5.74, 6) is 0. The molecule has 0 spiro atoms. The number of aryl methyl sites for hydroxylation is 1. The second-order valence-electron chi connectivity index (χ2n) is 14.1. The predicted octanol–water partition coefficient (Wildman–Crippen LogP) is 7.45. The fourth-order valence-corrected chi connectivity index (χ4v) is 7.37. The highest BCUT2D eigenvalue weighted by molar-refractivity contribution is 6.36. The minimum absolute atomic E-state index is 0.0166. The van der Waals surface area contributed by atoms with Gasteiger partial charge in [-0.05, 0) is 90.5 Å². The lowest BCUT2D eigenvalue weighted by Crippen LogP contribution is -2.42. The highest BCUT2D eigenvalue weighted by Crippen LogP contribution is 2.45. The zero-order valence-corrected chi connectivity index (χ0v) is 29.1. The van der Waals surface area contributed by atoms with Gasteiger partial charge in [0.2, 0.25) is 0 Å². The maximum atomic E-state index is 12.8. The molecule has 0 bridgehead atoms. The van der Waals surface area contributed by atoms with E-state index in [4.69, 9.17) is 31.3 Å². The number of piperidine rings is 1. The molecule has 2 aliphatic rings. The average molecular weight is 674 g/mol. The Morgan fingerprint density at radius 2 is 1.85 bits per heavy atom. The lowest BCUT2D eigenvalue weighted by atomic mass is 9.94. The number of fused-ring (bicyclic) bond motifs is 2. The number of aliphatic hydroxyl groups excluding tert-OH is 1. The number of carbonyl (C=O) groups excluding carboxylic acids is 1. The SMILES string of the molecule is Cc1cc2c(cnn2C2CCCCO2)c(-c2c(-c3ccc4nn(CCO)cc4c3)nn(C3CCN(C(=O)OC(C)(C)C)CC3)c2C)c1Cl. The first-order valence-corrected chi connectivity index (χ1v) is 17.3. The molecule has 11 nitrogen and oxygen atoms in total. The number of hydrogen-bond acceptors (Lipinski definition) is 7. The van der Waals surface area contributed by atoms with Gasteiger partial charge in [-0.3, -0.25) is 9.36 Å². The Hall–Kier alpha value is -3.93. The first kappa shape index (κ1) is 32.6. The number of benzene rings is 2. The molecule has 48 heavy (non-hydrogen) atoms. The average Bonchev–Trinajstić information content (AvgIpc) is 3.76. The van der Waals surface area contributed by atoms with Crippen molar-refractivity contribution >= 4 is 39.5 Å². The molecule has 7 rings (SSSR count). The second-order valence-corrected chi connectivity index (χ2v) is 14.4. The quantitative estimate of drug-likeness (QED) is 0.199. The van der Waals surface area contributed by atoms with Crippen molar-refractivity contribution in [1.29, 1.82) is 0 Å². The van der Waals surface area contributed by atoms with E-state index in [1.54, 1.807) is 9.58 Å². The number of rotatable bonds is 6.